The Morgan fingerprint density at radius 1 is 1.55 bits per heavy atom. The Morgan fingerprint density at radius 3 is 2.90 bits per heavy atom. The van der Waals surface area contributed by atoms with E-state index in [2.05, 4.69) is 9.98 Å². The lowest BCUT2D eigenvalue weighted by molar-refractivity contribution is 0.602. The Labute approximate surface area is 125 Å². The van der Waals surface area contributed by atoms with Gasteiger partial charge in [-0.05, 0) is 24.5 Å². The first-order chi connectivity index (χ1) is 9.45. The molecule has 1 heterocycles. The Morgan fingerprint density at radius 2 is 2.30 bits per heavy atom. The van der Waals surface area contributed by atoms with E-state index >= 15 is 0 Å². The largest absolute Gasteiger partial charge is 0.245 e. The maximum Gasteiger partial charge on any atom is 0.195 e. The van der Waals surface area contributed by atoms with Crippen molar-refractivity contribution in [2.45, 2.75) is 5.25 Å². The third kappa shape index (κ3) is 3.17. The van der Waals surface area contributed by atoms with Crippen LogP contribution in [0.25, 0.3) is 10.2 Å². The van der Waals surface area contributed by atoms with Crippen LogP contribution in [0, 0.1) is 11.3 Å². The summed E-state index contributed by atoms with van der Waals surface area (Å²) < 4.78 is 24.2. The zero-order chi connectivity index (χ0) is 14.8. The molecular formula is C12H11N3O2S3. The predicted octanol–water partition coefficient (Wildman–Crippen LogP) is 2.63. The van der Waals surface area contributed by atoms with E-state index in [9.17, 15) is 8.42 Å². The van der Waals surface area contributed by atoms with Gasteiger partial charge in [-0.25, -0.2) is 18.4 Å². The van der Waals surface area contributed by atoms with Crippen LogP contribution in [-0.4, -0.2) is 36.2 Å². The maximum absolute atomic E-state index is 11.6. The van der Waals surface area contributed by atoms with Gasteiger partial charge < -0.3 is 0 Å². The Kier molecular flexibility index (Phi) is 4.42. The number of thiazole rings is 1. The van der Waals surface area contributed by atoms with Gasteiger partial charge in [0, 0.05) is 6.26 Å². The highest BCUT2D eigenvalue weighted by Crippen LogP contribution is 2.25. The first-order valence-electron chi connectivity index (χ1n) is 5.50. The third-order valence-corrected chi connectivity index (χ3v) is 5.40. The summed E-state index contributed by atoms with van der Waals surface area (Å²) in [6.45, 7) is 0. The van der Waals surface area contributed by atoms with Crippen molar-refractivity contribution >= 4 is 53.9 Å². The molecule has 0 saturated heterocycles. The lowest BCUT2D eigenvalue weighted by Crippen LogP contribution is -2.25. The minimum atomic E-state index is -3.50. The number of nitriles is 1. The molecule has 1 unspecified atom stereocenters. The van der Waals surface area contributed by atoms with Crippen molar-refractivity contribution in [3.05, 3.63) is 23.7 Å². The monoisotopic (exact) mass is 325 g/mol. The van der Waals surface area contributed by atoms with Gasteiger partial charge in [0.2, 0.25) is 0 Å². The normalized spacial score (nSPS) is 14.2. The van der Waals surface area contributed by atoms with Gasteiger partial charge in [0.15, 0.2) is 15.1 Å². The minimum absolute atomic E-state index is 0.277. The van der Waals surface area contributed by atoms with Gasteiger partial charge in [-0.15, -0.1) is 23.1 Å². The molecule has 2 rings (SSSR count). The van der Waals surface area contributed by atoms with Crippen LogP contribution in [0.1, 0.15) is 0 Å². The van der Waals surface area contributed by atoms with E-state index in [1.807, 2.05) is 12.1 Å². The molecule has 0 fully saturated rings. The third-order valence-electron chi connectivity index (χ3n) is 2.53. The van der Waals surface area contributed by atoms with E-state index < -0.39 is 15.1 Å². The number of aliphatic imine (C=N–C) groups is 1. The van der Waals surface area contributed by atoms with Crippen LogP contribution in [0.4, 0.5) is 5.69 Å². The number of hydrogen-bond acceptors (Lipinski definition) is 7. The van der Waals surface area contributed by atoms with Crippen LogP contribution in [0.5, 0.6) is 0 Å². The van der Waals surface area contributed by atoms with Crippen LogP contribution in [0.2, 0.25) is 0 Å². The molecule has 0 spiro atoms. The van der Waals surface area contributed by atoms with Crippen molar-refractivity contribution < 1.29 is 8.42 Å². The number of rotatable bonds is 3. The van der Waals surface area contributed by atoms with Crippen molar-refractivity contribution in [2.75, 3.05) is 12.5 Å². The second-order valence-electron chi connectivity index (χ2n) is 4.00. The molecule has 8 heteroatoms. The van der Waals surface area contributed by atoms with Crippen LogP contribution >= 0.6 is 23.1 Å². The number of benzene rings is 1. The molecule has 0 radical (unpaired) electrons. The smallest absolute Gasteiger partial charge is 0.195 e. The van der Waals surface area contributed by atoms with E-state index in [-0.39, 0.29) is 5.04 Å². The second-order valence-corrected chi connectivity index (χ2v) is 7.84. The molecule has 104 valence electrons. The van der Waals surface area contributed by atoms with Crippen LogP contribution in [0.3, 0.4) is 0 Å². The zero-order valence-electron chi connectivity index (χ0n) is 10.8. The summed E-state index contributed by atoms with van der Waals surface area (Å²) in [5.41, 5.74) is 3.23. The molecule has 0 aliphatic carbocycles. The van der Waals surface area contributed by atoms with E-state index in [4.69, 9.17) is 5.26 Å². The van der Waals surface area contributed by atoms with Gasteiger partial charge in [-0.2, -0.15) is 5.26 Å². The molecule has 0 aliphatic rings. The Hall–Kier alpha value is -1.43. The standard InChI is InChI=1S/C12H11N3O2S3/c1-18-12(11(6-13)20(2,16)17)15-8-3-4-9-10(5-8)19-7-14-9/h3-5,7,11H,1-2H3. The van der Waals surface area contributed by atoms with Gasteiger partial charge in [0.05, 0.1) is 27.5 Å². The summed E-state index contributed by atoms with van der Waals surface area (Å²) in [4.78, 5) is 8.47. The molecule has 5 nitrogen and oxygen atoms in total. The molecule has 1 atom stereocenters. The SMILES string of the molecule is CSC(=Nc1ccc2ncsc2c1)C(C#N)S(C)(=O)=O. The van der Waals surface area contributed by atoms with Crippen molar-refractivity contribution in [3.63, 3.8) is 0 Å². The van der Waals surface area contributed by atoms with Gasteiger partial charge in [-0.1, -0.05) is 0 Å². The lowest BCUT2D eigenvalue weighted by atomic mass is 10.3. The maximum atomic E-state index is 11.6. The first-order valence-corrected chi connectivity index (χ1v) is 9.56. The average Bonchev–Trinajstić information content (AvgIpc) is 2.84. The number of thioether (sulfide) groups is 1. The average molecular weight is 325 g/mol. The zero-order valence-corrected chi connectivity index (χ0v) is 13.2. The van der Waals surface area contributed by atoms with Crippen LogP contribution in [-0.2, 0) is 9.84 Å². The summed E-state index contributed by atoms with van der Waals surface area (Å²) in [5, 5.41) is 8.10. The molecule has 0 saturated carbocycles. The highest BCUT2D eigenvalue weighted by molar-refractivity contribution is 8.15. The summed E-state index contributed by atoms with van der Waals surface area (Å²) in [6, 6.07) is 7.21. The van der Waals surface area contributed by atoms with Gasteiger partial charge in [0.1, 0.15) is 5.04 Å². The van der Waals surface area contributed by atoms with Crippen LogP contribution in [0.15, 0.2) is 28.7 Å². The fourth-order valence-corrected chi connectivity index (χ4v) is 4.18. The summed E-state index contributed by atoms with van der Waals surface area (Å²) >= 11 is 2.65. The van der Waals surface area contributed by atoms with E-state index in [1.54, 1.807) is 23.9 Å². The molecule has 0 bridgehead atoms. The molecule has 1 aromatic heterocycles. The summed E-state index contributed by atoms with van der Waals surface area (Å²) in [7, 11) is -3.50. The minimum Gasteiger partial charge on any atom is -0.245 e. The van der Waals surface area contributed by atoms with Gasteiger partial charge in [-0.3, -0.25) is 0 Å². The molecule has 2 aromatic rings. The highest BCUT2D eigenvalue weighted by atomic mass is 32.2. The first kappa shape index (κ1) is 15.0. The summed E-state index contributed by atoms with van der Waals surface area (Å²) in [6.07, 6.45) is 2.75. The summed E-state index contributed by atoms with van der Waals surface area (Å²) in [5.74, 6) is 0. The van der Waals surface area contributed by atoms with E-state index in [0.717, 1.165) is 16.5 Å². The molecule has 0 amide bonds. The van der Waals surface area contributed by atoms with Crippen molar-refractivity contribution in [1.29, 1.82) is 5.26 Å². The Bertz CT molecular complexity index is 803. The Balaban J connectivity index is 2.47. The van der Waals surface area contributed by atoms with Crippen LogP contribution < -0.4 is 0 Å². The van der Waals surface area contributed by atoms with Gasteiger partial charge >= 0.3 is 0 Å². The van der Waals surface area contributed by atoms with Crippen molar-refractivity contribution in [2.24, 2.45) is 4.99 Å². The molecule has 0 N–H and O–H groups in total. The second kappa shape index (κ2) is 5.91. The molecule has 1 aromatic carbocycles. The topological polar surface area (TPSA) is 83.2 Å². The van der Waals surface area contributed by atoms with Gasteiger partial charge in [0.25, 0.3) is 0 Å². The van der Waals surface area contributed by atoms with E-state index in [1.165, 1.54) is 23.1 Å². The predicted molar refractivity (Wildman–Crippen MR) is 84.5 cm³/mol. The van der Waals surface area contributed by atoms with Crippen molar-refractivity contribution in [1.82, 2.24) is 4.98 Å². The fourth-order valence-electron chi connectivity index (χ4n) is 1.59. The number of aromatic nitrogens is 1. The quantitative estimate of drug-likeness (QED) is 0.640. The number of hydrogen-bond donors (Lipinski definition) is 0. The number of sulfone groups is 1. The number of fused-ring (bicyclic) bond motifs is 1. The number of nitrogens with zero attached hydrogens (tertiary/aromatic N) is 3. The molecule has 0 aliphatic heterocycles. The van der Waals surface area contributed by atoms with E-state index in [0.29, 0.717) is 5.69 Å². The van der Waals surface area contributed by atoms with Crippen molar-refractivity contribution in [3.8, 4) is 6.07 Å². The lowest BCUT2D eigenvalue weighted by Gasteiger charge is -2.08. The molecular weight excluding hydrogens is 314 g/mol. The fraction of sp³-hybridized carbons (Fsp3) is 0.250. The highest BCUT2D eigenvalue weighted by Gasteiger charge is 2.26. The molecule has 20 heavy (non-hydrogen) atoms.